The molecule has 0 amide bonds. The van der Waals surface area contributed by atoms with Crippen LogP contribution in [0.1, 0.15) is 18.9 Å². The van der Waals surface area contributed by atoms with Crippen molar-refractivity contribution in [3.63, 3.8) is 0 Å². The molecular formula is C14H16FN3O2. The largest absolute Gasteiger partial charge is 0.381 e. The molecule has 0 aliphatic rings. The highest BCUT2D eigenvalue weighted by atomic mass is 19.1. The van der Waals surface area contributed by atoms with E-state index in [1.165, 1.54) is 12.1 Å². The van der Waals surface area contributed by atoms with Crippen LogP contribution in [-0.4, -0.2) is 9.49 Å². The van der Waals surface area contributed by atoms with Gasteiger partial charge in [-0.2, -0.15) is 4.39 Å². The van der Waals surface area contributed by atoms with E-state index < -0.39 is 16.4 Å². The van der Waals surface area contributed by atoms with Crippen LogP contribution in [0.3, 0.4) is 0 Å². The average molecular weight is 277 g/mol. The molecule has 0 atom stereocenters. The fourth-order valence-corrected chi connectivity index (χ4v) is 1.96. The fourth-order valence-electron chi connectivity index (χ4n) is 1.96. The summed E-state index contributed by atoms with van der Waals surface area (Å²) in [6.45, 7) is 3.61. The van der Waals surface area contributed by atoms with Gasteiger partial charge in [0.25, 0.3) is 0 Å². The second-order valence-electron chi connectivity index (χ2n) is 4.53. The lowest BCUT2D eigenvalue weighted by Gasteiger charge is -2.05. The summed E-state index contributed by atoms with van der Waals surface area (Å²) in [5, 5.41) is 13.7. The summed E-state index contributed by atoms with van der Waals surface area (Å²) in [6.07, 6.45) is 5.08. The number of nitro groups is 1. The second kappa shape index (κ2) is 6.18. The molecule has 0 fully saturated rings. The van der Waals surface area contributed by atoms with E-state index in [-0.39, 0.29) is 0 Å². The summed E-state index contributed by atoms with van der Waals surface area (Å²) in [5.41, 5.74) is 1.09. The summed E-state index contributed by atoms with van der Waals surface area (Å²) >= 11 is 0. The Morgan fingerprint density at radius 2 is 2.20 bits per heavy atom. The van der Waals surface area contributed by atoms with Crippen molar-refractivity contribution in [2.75, 3.05) is 5.32 Å². The van der Waals surface area contributed by atoms with Crippen molar-refractivity contribution >= 4 is 11.4 Å². The highest BCUT2D eigenvalue weighted by Gasteiger charge is 2.14. The van der Waals surface area contributed by atoms with Gasteiger partial charge in [-0.15, -0.1) is 0 Å². The van der Waals surface area contributed by atoms with E-state index in [9.17, 15) is 14.5 Å². The first-order valence-corrected chi connectivity index (χ1v) is 6.42. The molecule has 0 spiro atoms. The molecule has 2 rings (SSSR count). The molecular weight excluding hydrogens is 261 g/mol. The number of nitro benzene ring substituents is 1. The van der Waals surface area contributed by atoms with Gasteiger partial charge in [0.05, 0.1) is 4.92 Å². The number of anilines is 1. The van der Waals surface area contributed by atoms with E-state index in [0.29, 0.717) is 12.2 Å². The predicted octanol–water partition coefficient (Wildman–Crippen LogP) is 3.56. The number of hydrogen-bond donors (Lipinski definition) is 1. The Labute approximate surface area is 116 Å². The van der Waals surface area contributed by atoms with E-state index in [1.54, 1.807) is 0 Å². The second-order valence-corrected chi connectivity index (χ2v) is 4.53. The standard InChI is InChI=1S/C14H16FN3O2/c1-2-6-17-7-5-11(10-17)9-16-12-3-4-13(15)14(8-12)18(19)20/h3-5,7-8,10,16H,2,6,9H2,1H3. The molecule has 1 N–H and O–H groups in total. The van der Waals surface area contributed by atoms with Crippen molar-refractivity contribution in [3.8, 4) is 0 Å². The van der Waals surface area contributed by atoms with Crippen LogP contribution < -0.4 is 5.32 Å². The summed E-state index contributed by atoms with van der Waals surface area (Å²) < 4.78 is 15.3. The van der Waals surface area contributed by atoms with Crippen molar-refractivity contribution in [3.05, 3.63) is 58.2 Å². The van der Waals surface area contributed by atoms with E-state index >= 15 is 0 Å². The van der Waals surface area contributed by atoms with Crippen molar-refractivity contribution in [1.29, 1.82) is 0 Å². The van der Waals surface area contributed by atoms with Crippen molar-refractivity contribution < 1.29 is 9.31 Å². The number of halogens is 1. The number of nitrogens with one attached hydrogen (secondary N) is 1. The van der Waals surface area contributed by atoms with E-state index in [2.05, 4.69) is 16.8 Å². The Morgan fingerprint density at radius 3 is 2.90 bits per heavy atom. The van der Waals surface area contributed by atoms with E-state index in [0.717, 1.165) is 24.6 Å². The zero-order valence-electron chi connectivity index (χ0n) is 11.2. The van der Waals surface area contributed by atoms with Gasteiger partial charge in [-0.05, 0) is 30.2 Å². The molecule has 0 saturated carbocycles. The van der Waals surface area contributed by atoms with Gasteiger partial charge >= 0.3 is 5.69 Å². The van der Waals surface area contributed by atoms with Crippen LogP contribution in [0, 0.1) is 15.9 Å². The van der Waals surface area contributed by atoms with Crippen LogP contribution in [0.2, 0.25) is 0 Å². The summed E-state index contributed by atoms with van der Waals surface area (Å²) in [6, 6.07) is 5.78. The molecule has 0 aliphatic carbocycles. The Balaban J connectivity index is 2.03. The molecule has 5 nitrogen and oxygen atoms in total. The minimum Gasteiger partial charge on any atom is -0.381 e. The number of benzene rings is 1. The van der Waals surface area contributed by atoms with E-state index in [1.807, 2.05) is 18.5 Å². The Hall–Kier alpha value is -2.37. The van der Waals surface area contributed by atoms with Crippen molar-refractivity contribution in [2.45, 2.75) is 26.4 Å². The molecule has 0 radical (unpaired) electrons. The Kier molecular flexibility index (Phi) is 4.34. The van der Waals surface area contributed by atoms with Crippen LogP contribution >= 0.6 is 0 Å². The quantitative estimate of drug-likeness (QED) is 0.648. The third-order valence-electron chi connectivity index (χ3n) is 2.93. The summed E-state index contributed by atoms with van der Waals surface area (Å²) in [4.78, 5) is 9.93. The number of rotatable bonds is 6. The minimum atomic E-state index is -0.824. The average Bonchev–Trinajstić information content (AvgIpc) is 2.86. The van der Waals surface area contributed by atoms with Crippen LogP contribution in [0.4, 0.5) is 15.8 Å². The van der Waals surface area contributed by atoms with Gasteiger partial charge in [0, 0.05) is 37.2 Å². The van der Waals surface area contributed by atoms with Crippen molar-refractivity contribution in [1.82, 2.24) is 4.57 Å². The first-order chi connectivity index (χ1) is 9.60. The molecule has 1 aromatic carbocycles. The molecule has 2 aromatic rings. The fraction of sp³-hybridized carbons (Fsp3) is 0.286. The normalized spacial score (nSPS) is 10.5. The molecule has 1 aromatic heterocycles. The van der Waals surface area contributed by atoms with E-state index in [4.69, 9.17) is 0 Å². The van der Waals surface area contributed by atoms with Gasteiger partial charge in [0.1, 0.15) is 0 Å². The molecule has 0 unspecified atom stereocenters. The number of nitrogens with zero attached hydrogens (tertiary/aromatic N) is 2. The smallest absolute Gasteiger partial charge is 0.306 e. The Bertz CT molecular complexity index is 610. The molecule has 0 saturated heterocycles. The molecule has 1 heterocycles. The van der Waals surface area contributed by atoms with Crippen molar-refractivity contribution in [2.24, 2.45) is 0 Å². The molecule has 106 valence electrons. The Morgan fingerprint density at radius 1 is 1.40 bits per heavy atom. The van der Waals surface area contributed by atoms with Gasteiger partial charge in [0.2, 0.25) is 5.82 Å². The van der Waals surface area contributed by atoms with Crippen LogP contribution in [0.15, 0.2) is 36.7 Å². The third kappa shape index (κ3) is 3.34. The monoisotopic (exact) mass is 277 g/mol. The van der Waals surface area contributed by atoms with Gasteiger partial charge < -0.3 is 9.88 Å². The molecule has 20 heavy (non-hydrogen) atoms. The SMILES string of the molecule is CCCn1ccc(CNc2ccc(F)c([N+](=O)[O-])c2)c1. The predicted molar refractivity (Wildman–Crippen MR) is 75.1 cm³/mol. The van der Waals surface area contributed by atoms with Gasteiger partial charge in [-0.1, -0.05) is 6.92 Å². The summed E-state index contributed by atoms with van der Waals surface area (Å²) in [7, 11) is 0. The summed E-state index contributed by atoms with van der Waals surface area (Å²) in [5.74, 6) is -0.824. The highest BCUT2D eigenvalue weighted by Crippen LogP contribution is 2.22. The number of hydrogen-bond acceptors (Lipinski definition) is 3. The maximum Gasteiger partial charge on any atom is 0.306 e. The zero-order valence-corrected chi connectivity index (χ0v) is 11.2. The minimum absolute atomic E-state index is 0.515. The lowest BCUT2D eigenvalue weighted by atomic mass is 10.2. The van der Waals surface area contributed by atoms with Gasteiger partial charge in [-0.25, -0.2) is 0 Å². The van der Waals surface area contributed by atoms with Crippen LogP contribution in [0.25, 0.3) is 0 Å². The molecule has 0 aliphatic heterocycles. The topological polar surface area (TPSA) is 60.1 Å². The third-order valence-corrected chi connectivity index (χ3v) is 2.93. The maximum absolute atomic E-state index is 13.2. The lowest BCUT2D eigenvalue weighted by molar-refractivity contribution is -0.387. The first-order valence-electron chi connectivity index (χ1n) is 6.42. The van der Waals surface area contributed by atoms with Crippen LogP contribution in [0.5, 0.6) is 0 Å². The number of aryl methyl sites for hydroxylation is 1. The molecule has 6 heteroatoms. The molecule has 0 bridgehead atoms. The maximum atomic E-state index is 13.2. The zero-order chi connectivity index (χ0) is 14.5. The van der Waals surface area contributed by atoms with Crippen LogP contribution in [-0.2, 0) is 13.1 Å². The van der Waals surface area contributed by atoms with Gasteiger partial charge in [0.15, 0.2) is 0 Å². The highest BCUT2D eigenvalue weighted by molar-refractivity contribution is 5.52. The lowest BCUT2D eigenvalue weighted by Crippen LogP contribution is -2.00. The first kappa shape index (κ1) is 14.0. The number of aromatic nitrogens is 1. The van der Waals surface area contributed by atoms with Gasteiger partial charge in [-0.3, -0.25) is 10.1 Å².